The molecule has 0 radical (unpaired) electrons. The Morgan fingerprint density at radius 2 is 1.83 bits per heavy atom. The second kappa shape index (κ2) is 6.38. The lowest BCUT2D eigenvalue weighted by atomic mass is 9.74. The Hall–Kier alpha value is -0.820. The van der Waals surface area contributed by atoms with E-state index in [0.29, 0.717) is 0 Å². The molecule has 1 fully saturated rings. The van der Waals surface area contributed by atoms with Gasteiger partial charge in [0.25, 0.3) is 0 Å². The molecule has 1 saturated carbocycles. The normalized spacial score (nSPS) is 19.9. The van der Waals surface area contributed by atoms with Gasteiger partial charge in [0.05, 0.1) is 6.61 Å². The van der Waals surface area contributed by atoms with Crippen molar-refractivity contribution in [2.45, 2.75) is 57.3 Å². The molecule has 0 bridgehead atoms. The van der Waals surface area contributed by atoms with Crippen LogP contribution >= 0.6 is 0 Å². The molecule has 1 nitrogen and oxygen atoms in total. The first-order valence-electron chi connectivity index (χ1n) is 7.47. The molecule has 1 aromatic rings. The SMILES string of the molecule is CCC(CO)(CCC1CCCC1)c1ccccc1. The van der Waals surface area contributed by atoms with Crippen molar-refractivity contribution in [3.63, 3.8) is 0 Å². The van der Waals surface area contributed by atoms with Crippen LogP contribution in [-0.4, -0.2) is 11.7 Å². The van der Waals surface area contributed by atoms with Crippen LogP contribution in [0.15, 0.2) is 30.3 Å². The molecule has 1 atom stereocenters. The van der Waals surface area contributed by atoms with Gasteiger partial charge in [0, 0.05) is 5.41 Å². The minimum atomic E-state index is -0.0101. The van der Waals surface area contributed by atoms with Gasteiger partial charge in [-0.1, -0.05) is 62.9 Å². The van der Waals surface area contributed by atoms with E-state index in [1.807, 2.05) is 0 Å². The van der Waals surface area contributed by atoms with Crippen molar-refractivity contribution in [3.05, 3.63) is 35.9 Å². The predicted molar refractivity (Wildman–Crippen MR) is 76.7 cm³/mol. The summed E-state index contributed by atoms with van der Waals surface area (Å²) in [6.07, 6.45) is 9.07. The maximum Gasteiger partial charge on any atom is 0.0527 e. The van der Waals surface area contributed by atoms with Crippen LogP contribution in [0.1, 0.15) is 57.4 Å². The average molecular weight is 246 g/mol. The Morgan fingerprint density at radius 1 is 1.17 bits per heavy atom. The topological polar surface area (TPSA) is 20.2 Å². The molecule has 18 heavy (non-hydrogen) atoms. The van der Waals surface area contributed by atoms with Gasteiger partial charge in [-0.3, -0.25) is 0 Å². The highest BCUT2D eigenvalue weighted by molar-refractivity contribution is 5.25. The first kappa shape index (κ1) is 13.6. The highest BCUT2D eigenvalue weighted by Crippen LogP contribution is 2.37. The van der Waals surface area contributed by atoms with Crippen LogP contribution in [-0.2, 0) is 5.41 Å². The molecular weight excluding hydrogens is 220 g/mol. The second-order valence-electron chi connectivity index (χ2n) is 5.85. The van der Waals surface area contributed by atoms with Crippen LogP contribution in [0.2, 0.25) is 0 Å². The standard InChI is InChI=1S/C17H26O/c1-2-17(14-18,16-10-4-3-5-11-16)13-12-15-8-6-7-9-15/h3-5,10-11,15,18H,2,6-9,12-14H2,1H3. The Labute approximate surface area is 111 Å². The van der Waals surface area contributed by atoms with E-state index in [9.17, 15) is 5.11 Å². The van der Waals surface area contributed by atoms with Gasteiger partial charge in [0.15, 0.2) is 0 Å². The van der Waals surface area contributed by atoms with E-state index in [-0.39, 0.29) is 12.0 Å². The van der Waals surface area contributed by atoms with E-state index >= 15 is 0 Å². The summed E-state index contributed by atoms with van der Waals surface area (Å²) in [4.78, 5) is 0. The van der Waals surface area contributed by atoms with Crippen LogP contribution in [0.3, 0.4) is 0 Å². The van der Waals surface area contributed by atoms with E-state index in [4.69, 9.17) is 0 Å². The summed E-state index contributed by atoms with van der Waals surface area (Å²) < 4.78 is 0. The number of hydrogen-bond acceptors (Lipinski definition) is 1. The lowest BCUT2D eigenvalue weighted by molar-refractivity contribution is 0.169. The first-order chi connectivity index (χ1) is 8.80. The maximum atomic E-state index is 9.90. The molecule has 0 saturated heterocycles. The van der Waals surface area contributed by atoms with Crippen molar-refractivity contribution in [3.8, 4) is 0 Å². The third kappa shape index (κ3) is 2.95. The molecule has 0 aromatic heterocycles. The first-order valence-corrected chi connectivity index (χ1v) is 7.47. The third-order valence-corrected chi connectivity index (χ3v) is 4.87. The smallest absolute Gasteiger partial charge is 0.0527 e. The molecule has 0 aliphatic heterocycles. The Bertz CT molecular complexity index is 334. The Morgan fingerprint density at radius 3 is 2.39 bits per heavy atom. The van der Waals surface area contributed by atoms with Crippen LogP contribution < -0.4 is 0 Å². The van der Waals surface area contributed by atoms with Crippen molar-refractivity contribution in [2.75, 3.05) is 6.61 Å². The number of aliphatic hydroxyl groups excluding tert-OH is 1. The predicted octanol–water partition coefficient (Wildman–Crippen LogP) is 4.30. The largest absolute Gasteiger partial charge is 0.395 e. The highest BCUT2D eigenvalue weighted by atomic mass is 16.3. The third-order valence-electron chi connectivity index (χ3n) is 4.87. The van der Waals surface area contributed by atoms with Gasteiger partial charge in [-0.05, 0) is 30.7 Å². The van der Waals surface area contributed by atoms with Gasteiger partial charge in [0.1, 0.15) is 0 Å². The molecule has 1 unspecified atom stereocenters. The van der Waals surface area contributed by atoms with E-state index in [2.05, 4.69) is 37.3 Å². The summed E-state index contributed by atoms with van der Waals surface area (Å²) in [6.45, 7) is 2.48. The summed E-state index contributed by atoms with van der Waals surface area (Å²) in [5, 5.41) is 9.90. The molecule has 1 aromatic carbocycles. The van der Waals surface area contributed by atoms with Gasteiger partial charge in [-0.15, -0.1) is 0 Å². The molecule has 2 rings (SSSR count). The minimum Gasteiger partial charge on any atom is -0.395 e. The maximum absolute atomic E-state index is 9.90. The number of aliphatic hydroxyl groups is 1. The molecule has 0 spiro atoms. The van der Waals surface area contributed by atoms with Crippen molar-refractivity contribution >= 4 is 0 Å². The van der Waals surface area contributed by atoms with Crippen LogP contribution in [0.5, 0.6) is 0 Å². The second-order valence-corrected chi connectivity index (χ2v) is 5.85. The van der Waals surface area contributed by atoms with Crippen molar-refractivity contribution < 1.29 is 5.11 Å². The quantitative estimate of drug-likeness (QED) is 0.793. The van der Waals surface area contributed by atoms with Crippen molar-refractivity contribution in [2.24, 2.45) is 5.92 Å². The minimum absolute atomic E-state index is 0.0101. The molecule has 1 aliphatic rings. The van der Waals surface area contributed by atoms with Gasteiger partial charge in [0.2, 0.25) is 0 Å². The fourth-order valence-electron chi connectivity index (χ4n) is 3.38. The van der Waals surface area contributed by atoms with E-state index < -0.39 is 0 Å². The van der Waals surface area contributed by atoms with Gasteiger partial charge < -0.3 is 5.11 Å². The van der Waals surface area contributed by atoms with Crippen LogP contribution in [0, 0.1) is 5.92 Å². The summed E-state index contributed by atoms with van der Waals surface area (Å²) in [5.74, 6) is 0.909. The fourth-order valence-corrected chi connectivity index (χ4v) is 3.38. The van der Waals surface area contributed by atoms with Crippen molar-refractivity contribution in [1.82, 2.24) is 0 Å². The fraction of sp³-hybridized carbons (Fsp3) is 0.647. The van der Waals surface area contributed by atoms with E-state index in [0.717, 1.165) is 18.8 Å². The molecule has 0 amide bonds. The molecule has 100 valence electrons. The summed E-state index contributed by atoms with van der Waals surface area (Å²) in [7, 11) is 0. The summed E-state index contributed by atoms with van der Waals surface area (Å²) >= 11 is 0. The molecule has 0 heterocycles. The number of benzene rings is 1. The zero-order valence-corrected chi connectivity index (χ0v) is 11.6. The zero-order chi connectivity index (χ0) is 12.8. The summed E-state index contributed by atoms with van der Waals surface area (Å²) in [6, 6.07) is 10.6. The Kier molecular flexibility index (Phi) is 4.82. The molecule has 1 N–H and O–H groups in total. The van der Waals surface area contributed by atoms with Gasteiger partial charge >= 0.3 is 0 Å². The lowest BCUT2D eigenvalue weighted by Gasteiger charge is -2.32. The van der Waals surface area contributed by atoms with Gasteiger partial charge in [-0.2, -0.15) is 0 Å². The highest BCUT2D eigenvalue weighted by Gasteiger charge is 2.30. The molecule has 1 aliphatic carbocycles. The molecular formula is C17H26O. The monoisotopic (exact) mass is 246 g/mol. The molecule has 1 heteroatoms. The lowest BCUT2D eigenvalue weighted by Crippen LogP contribution is -2.30. The van der Waals surface area contributed by atoms with Gasteiger partial charge in [-0.25, -0.2) is 0 Å². The number of hydrogen-bond donors (Lipinski definition) is 1. The van der Waals surface area contributed by atoms with E-state index in [1.165, 1.54) is 37.7 Å². The van der Waals surface area contributed by atoms with Crippen LogP contribution in [0.4, 0.5) is 0 Å². The van der Waals surface area contributed by atoms with E-state index in [1.54, 1.807) is 0 Å². The number of rotatable bonds is 6. The average Bonchev–Trinajstić information content (AvgIpc) is 2.95. The summed E-state index contributed by atoms with van der Waals surface area (Å²) in [5.41, 5.74) is 1.30. The van der Waals surface area contributed by atoms with Crippen LogP contribution in [0.25, 0.3) is 0 Å². The van der Waals surface area contributed by atoms with Crippen molar-refractivity contribution in [1.29, 1.82) is 0 Å². The Balaban J connectivity index is 2.06. The zero-order valence-electron chi connectivity index (χ0n) is 11.6.